The number of carbonyl (C=O) groups excluding carboxylic acids is 1. The summed E-state index contributed by atoms with van der Waals surface area (Å²) in [7, 11) is -1.88. The molecular formula is C11H12BFO4. The minimum Gasteiger partial charge on any atom is -0.463 e. The van der Waals surface area contributed by atoms with Crippen molar-refractivity contribution in [1.82, 2.24) is 0 Å². The maximum atomic E-state index is 13.6. The van der Waals surface area contributed by atoms with Crippen LogP contribution in [0, 0.1) is 5.82 Å². The predicted octanol–water partition coefficient (Wildman–Crippen LogP) is 0.0818. The van der Waals surface area contributed by atoms with Gasteiger partial charge < -0.3 is 14.8 Å². The first-order valence-corrected chi connectivity index (χ1v) is 5.05. The fourth-order valence-corrected chi connectivity index (χ4v) is 1.24. The van der Waals surface area contributed by atoms with E-state index in [4.69, 9.17) is 10.0 Å². The molecule has 1 rings (SSSR count). The smallest absolute Gasteiger partial charge is 0.463 e. The molecule has 0 saturated carbocycles. The van der Waals surface area contributed by atoms with E-state index in [1.807, 2.05) is 0 Å². The maximum Gasteiger partial charge on any atom is 0.491 e. The third-order valence-electron chi connectivity index (χ3n) is 2.02. The number of carbonyl (C=O) groups is 1. The Morgan fingerprint density at radius 2 is 2.24 bits per heavy atom. The van der Waals surface area contributed by atoms with Gasteiger partial charge in [-0.05, 0) is 13.0 Å². The summed E-state index contributed by atoms with van der Waals surface area (Å²) in [5.74, 6) is -1.36. The van der Waals surface area contributed by atoms with E-state index in [1.54, 1.807) is 6.92 Å². The van der Waals surface area contributed by atoms with E-state index in [-0.39, 0.29) is 17.6 Å². The topological polar surface area (TPSA) is 66.8 Å². The first-order chi connectivity index (χ1) is 8.06. The zero-order valence-electron chi connectivity index (χ0n) is 9.26. The van der Waals surface area contributed by atoms with Crippen molar-refractivity contribution in [3.63, 3.8) is 0 Å². The first-order valence-electron chi connectivity index (χ1n) is 5.05. The van der Waals surface area contributed by atoms with Crippen molar-refractivity contribution >= 4 is 24.6 Å². The van der Waals surface area contributed by atoms with E-state index >= 15 is 0 Å². The third-order valence-corrected chi connectivity index (χ3v) is 2.02. The second-order valence-corrected chi connectivity index (χ2v) is 3.21. The number of hydrogen-bond acceptors (Lipinski definition) is 4. The summed E-state index contributed by atoms with van der Waals surface area (Å²) >= 11 is 0. The molecular weight excluding hydrogens is 226 g/mol. The van der Waals surface area contributed by atoms with Crippen molar-refractivity contribution in [3.05, 3.63) is 35.7 Å². The van der Waals surface area contributed by atoms with Crippen LogP contribution in [0.25, 0.3) is 6.08 Å². The average molecular weight is 238 g/mol. The van der Waals surface area contributed by atoms with Gasteiger partial charge in [0.15, 0.2) is 0 Å². The van der Waals surface area contributed by atoms with Gasteiger partial charge in [0.1, 0.15) is 5.82 Å². The largest absolute Gasteiger partial charge is 0.491 e. The molecule has 90 valence electrons. The molecule has 6 heteroatoms. The normalized spacial score (nSPS) is 10.6. The minimum absolute atomic E-state index is 0.0867. The molecule has 0 aliphatic rings. The fourth-order valence-electron chi connectivity index (χ4n) is 1.24. The van der Waals surface area contributed by atoms with Crippen molar-refractivity contribution in [2.24, 2.45) is 0 Å². The van der Waals surface area contributed by atoms with Gasteiger partial charge in [0.25, 0.3) is 0 Å². The van der Waals surface area contributed by atoms with Crippen LogP contribution in [0.4, 0.5) is 4.39 Å². The van der Waals surface area contributed by atoms with Gasteiger partial charge in [-0.2, -0.15) is 0 Å². The molecule has 1 aromatic rings. The van der Waals surface area contributed by atoms with E-state index in [0.29, 0.717) is 0 Å². The SMILES string of the molecule is CCOC(=O)/C=C/c1cccc(B(O)O)c1F. The Labute approximate surface area is 98.5 Å². The first kappa shape index (κ1) is 13.4. The molecule has 2 N–H and O–H groups in total. The Hall–Kier alpha value is -1.66. The van der Waals surface area contributed by atoms with Crippen LogP contribution < -0.4 is 5.46 Å². The molecule has 0 heterocycles. The van der Waals surface area contributed by atoms with E-state index < -0.39 is 18.9 Å². The molecule has 0 bridgehead atoms. The highest BCUT2D eigenvalue weighted by molar-refractivity contribution is 6.58. The minimum atomic E-state index is -1.88. The Morgan fingerprint density at radius 3 is 2.82 bits per heavy atom. The van der Waals surface area contributed by atoms with Crippen molar-refractivity contribution in [3.8, 4) is 0 Å². The summed E-state index contributed by atoms with van der Waals surface area (Å²) in [6.45, 7) is 1.90. The second-order valence-electron chi connectivity index (χ2n) is 3.21. The lowest BCUT2D eigenvalue weighted by molar-refractivity contribution is -0.137. The van der Waals surface area contributed by atoms with Gasteiger partial charge >= 0.3 is 13.1 Å². The van der Waals surface area contributed by atoms with Gasteiger partial charge in [-0.3, -0.25) is 0 Å². The molecule has 4 nitrogen and oxygen atoms in total. The summed E-state index contributed by atoms with van der Waals surface area (Å²) in [6, 6.07) is 4.13. The summed E-state index contributed by atoms with van der Waals surface area (Å²) < 4.78 is 18.3. The summed E-state index contributed by atoms with van der Waals surface area (Å²) in [5.41, 5.74) is -0.153. The Balaban J connectivity index is 2.92. The molecule has 0 unspecified atom stereocenters. The van der Waals surface area contributed by atoms with Crippen LogP contribution >= 0.6 is 0 Å². The van der Waals surface area contributed by atoms with Crippen LogP contribution in [0.3, 0.4) is 0 Å². The van der Waals surface area contributed by atoms with Crippen molar-refractivity contribution < 1.29 is 24.0 Å². The van der Waals surface area contributed by atoms with Gasteiger partial charge in [-0.15, -0.1) is 0 Å². The zero-order chi connectivity index (χ0) is 12.8. The lowest BCUT2D eigenvalue weighted by Crippen LogP contribution is -2.33. The molecule has 0 aromatic heterocycles. The number of rotatable bonds is 4. The van der Waals surface area contributed by atoms with E-state index in [0.717, 1.165) is 6.08 Å². The van der Waals surface area contributed by atoms with Crippen LogP contribution in [0.15, 0.2) is 24.3 Å². The highest BCUT2D eigenvalue weighted by Gasteiger charge is 2.17. The van der Waals surface area contributed by atoms with E-state index in [2.05, 4.69) is 4.74 Å². The predicted molar refractivity (Wildman–Crippen MR) is 61.9 cm³/mol. The Kier molecular flexibility index (Phi) is 4.87. The van der Waals surface area contributed by atoms with Crippen LogP contribution in [0.1, 0.15) is 12.5 Å². The molecule has 0 aliphatic heterocycles. The lowest BCUT2D eigenvalue weighted by Gasteiger charge is -2.04. The van der Waals surface area contributed by atoms with Gasteiger partial charge in [0, 0.05) is 17.1 Å². The maximum absolute atomic E-state index is 13.6. The summed E-state index contributed by atoms with van der Waals surface area (Å²) in [4.78, 5) is 11.0. The highest BCUT2D eigenvalue weighted by Crippen LogP contribution is 2.07. The second kappa shape index (κ2) is 6.17. The van der Waals surface area contributed by atoms with Crippen LogP contribution in [-0.2, 0) is 9.53 Å². The van der Waals surface area contributed by atoms with E-state index in [1.165, 1.54) is 24.3 Å². The number of benzene rings is 1. The molecule has 0 fully saturated rings. The van der Waals surface area contributed by atoms with Crippen molar-refractivity contribution in [1.29, 1.82) is 0 Å². The average Bonchev–Trinajstić information content (AvgIpc) is 2.27. The number of ether oxygens (including phenoxy) is 1. The van der Waals surface area contributed by atoms with Crippen LogP contribution in [0.5, 0.6) is 0 Å². The molecule has 0 spiro atoms. The fraction of sp³-hybridized carbons (Fsp3) is 0.182. The van der Waals surface area contributed by atoms with Gasteiger partial charge in [-0.1, -0.05) is 18.2 Å². The molecule has 0 atom stereocenters. The standard InChI is InChI=1S/C11H12BFO4/c1-2-17-10(14)7-6-8-4-3-5-9(11(8)13)12(15)16/h3-7,15-16H,2H2,1H3/b7-6+. The van der Waals surface area contributed by atoms with E-state index in [9.17, 15) is 9.18 Å². The number of halogens is 1. The van der Waals surface area contributed by atoms with Crippen LogP contribution in [-0.4, -0.2) is 29.7 Å². The number of hydrogen-bond donors (Lipinski definition) is 2. The molecule has 17 heavy (non-hydrogen) atoms. The third kappa shape index (κ3) is 3.69. The lowest BCUT2D eigenvalue weighted by atomic mass is 9.79. The summed E-state index contributed by atoms with van der Waals surface area (Å²) in [6.07, 6.45) is 2.30. The monoisotopic (exact) mass is 238 g/mol. The van der Waals surface area contributed by atoms with Crippen LogP contribution in [0.2, 0.25) is 0 Å². The zero-order valence-corrected chi connectivity index (χ0v) is 9.26. The quantitative estimate of drug-likeness (QED) is 0.443. The number of esters is 1. The Morgan fingerprint density at radius 1 is 1.53 bits per heavy atom. The molecule has 0 saturated heterocycles. The molecule has 1 aromatic carbocycles. The van der Waals surface area contributed by atoms with Crippen molar-refractivity contribution in [2.45, 2.75) is 6.92 Å². The molecule has 0 radical (unpaired) electrons. The highest BCUT2D eigenvalue weighted by atomic mass is 19.1. The van der Waals surface area contributed by atoms with Crippen molar-refractivity contribution in [2.75, 3.05) is 6.61 Å². The molecule has 0 aliphatic carbocycles. The van der Waals surface area contributed by atoms with Gasteiger partial charge in [0.05, 0.1) is 6.61 Å². The van der Waals surface area contributed by atoms with Gasteiger partial charge in [0.2, 0.25) is 0 Å². The Bertz CT molecular complexity index is 431. The molecule has 0 amide bonds. The summed E-state index contributed by atoms with van der Waals surface area (Å²) in [5, 5.41) is 17.8. The van der Waals surface area contributed by atoms with Gasteiger partial charge in [-0.25, -0.2) is 9.18 Å².